The zero-order valence-electron chi connectivity index (χ0n) is 16.8. The van der Waals surface area contributed by atoms with Gasteiger partial charge in [0.1, 0.15) is 0 Å². The van der Waals surface area contributed by atoms with E-state index in [1.165, 1.54) is 15.8 Å². The number of rotatable bonds is 6. The van der Waals surface area contributed by atoms with Gasteiger partial charge in [0.15, 0.2) is 0 Å². The molecule has 1 atom stereocenters. The van der Waals surface area contributed by atoms with Crippen LogP contribution < -0.4 is 10.9 Å². The smallest absolute Gasteiger partial charge is 0.277 e. The first-order chi connectivity index (χ1) is 14.0. The van der Waals surface area contributed by atoms with Crippen LogP contribution >= 0.6 is 11.3 Å². The lowest BCUT2D eigenvalue weighted by atomic mass is 10.0. The number of nitrogens with one attached hydrogen (secondary N) is 2. The summed E-state index contributed by atoms with van der Waals surface area (Å²) >= 11 is 1.65. The van der Waals surface area contributed by atoms with Crippen LogP contribution in [0.3, 0.4) is 0 Å². The molecule has 0 bridgehead atoms. The van der Waals surface area contributed by atoms with Crippen LogP contribution in [0, 0.1) is 6.92 Å². The highest BCUT2D eigenvalue weighted by molar-refractivity contribution is 7.09. The molecule has 0 aromatic carbocycles. The third-order valence-corrected chi connectivity index (χ3v) is 6.39. The number of hydrogen-bond donors (Lipinski definition) is 2. The highest BCUT2D eigenvalue weighted by atomic mass is 32.1. The van der Waals surface area contributed by atoms with Crippen LogP contribution in [-0.2, 0) is 17.8 Å². The van der Waals surface area contributed by atoms with Crippen LogP contribution in [0.4, 0.5) is 5.95 Å². The molecule has 0 unspecified atom stereocenters. The summed E-state index contributed by atoms with van der Waals surface area (Å²) in [6.45, 7) is 5.34. The summed E-state index contributed by atoms with van der Waals surface area (Å²) in [6, 6.07) is 4.31. The number of thiophene rings is 1. The van der Waals surface area contributed by atoms with Crippen LogP contribution in [0.5, 0.6) is 0 Å². The van der Waals surface area contributed by atoms with Crippen molar-refractivity contribution in [3.63, 3.8) is 0 Å². The number of piperidine rings is 1. The first kappa shape index (κ1) is 19.6. The predicted octanol–water partition coefficient (Wildman–Crippen LogP) is 2.73. The number of carbonyl (C=O) groups is 1. The van der Waals surface area contributed by atoms with Crippen LogP contribution in [0.2, 0.25) is 0 Å². The summed E-state index contributed by atoms with van der Waals surface area (Å²) in [7, 11) is 0. The van der Waals surface area contributed by atoms with E-state index in [9.17, 15) is 9.59 Å². The van der Waals surface area contributed by atoms with Crippen LogP contribution in [-0.4, -0.2) is 43.0 Å². The highest BCUT2D eigenvalue weighted by Crippen LogP contribution is 2.18. The van der Waals surface area contributed by atoms with Crippen molar-refractivity contribution in [2.24, 2.45) is 0 Å². The first-order valence-electron chi connectivity index (χ1n) is 10.1. The zero-order valence-corrected chi connectivity index (χ0v) is 17.6. The molecule has 1 aliphatic rings. The van der Waals surface area contributed by atoms with E-state index in [0.717, 1.165) is 19.4 Å². The average molecular weight is 415 g/mol. The van der Waals surface area contributed by atoms with Gasteiger partial charge in [-0.25, -0.2) is 4.98 Å². The number of aryl methyl sites for hydroxylation is 1. The minimum Gasteiger partial charge on any atom is -0.350 e. The van der Waals surface area contributed by atoms with Gasteiger partial charge in [0.25, 0.3) is 11.3 Å². The first-order valence-corrected chi connectivity index (χ1v) is 10.9. The van der Waals surface area contributed by atoms with Gasteiger partial charge in [-0.15, -0.1) is 11.3 Å². The molecule has 2 N–H and O–H groups in total. The summed E-state index contributed by atoms with van der Waals surface area (Å²) in [5, 5.41) is 8.18. The third kappa shape index (κ3) is 4.19. The summed E-state index contributed by atoms with van der Waals surface area (Å²) in [6.07, 6.45) is 4.00. The minimum atomic E-state index is -0.191. The SMILES string of the molecule is Cc1nc2nc(NCc3cccs3)[nH]n2c(=O)c1CCC(=O)N1CCCC[C@@H]1C. The van der Waals surface area contributed by atoms with E-state index in [4.69, 9.17) is 0 Å². The van der Waals surface area contributed by atoms with E-state index in [1.807, 2.05) is 22.4 Å². The van der Waals surface area contributed by atoms with Crippen molar-refractivity contribution in [1.29, 1.82) is 0 Å². The maximum absolute atomic E-state index is 12.9. The Kier molecular flexibility index (Phi) is 5.66. The number of carbonyl (C=O) groups excluding carboxylic acids is 1. The largest absolute Gasteiger partial charge is 0.350 e. The molecule has 1 saturated heterocycles. The van der Waals surface area contributed by atoms with E-state index in [2.05, 4.69) is 27.3 Å². The maximum atomic E-state index is 12.9. The fraction of sp³-hybridized carbons (Fsp3) is 0.500. The van der Waals surface area contributed by atoms with Gasteiger partial charge in [-0.2, -0.15) is 9.50 Å². The molecular weight excluding hydrogens is 388 g/mol. The van der Waals surface area contributed by atoms with Gasteiger partial charge in [0.2, 0.25) is 11.9 Å². The van der Waals surface area contributed by atoms with Gasteiger partial charge < -0.3 is 10.2 Å². The standard InChI is InChI=1S/C20H26N6O2S/c1-13-6-3-4-10-25(13)17(27)9-8-16-14(2)22-20-23-19(24-26(20)18(16)28)21-12-15-7-5-11-29-15/h5,7,11,13H,3-4,6,8-10,12H2,1-2H3,(H2,21,22,23,24)/t13-/m0/s1. The molecule has 8 nitrogen and oxygen atoms in total. The van der Waals surface area contributed by atoms with Crippen molar-refractivity contribution in [2.75, 3.05) is 11.9 Å². The Labute approximate surface area is 173 Å². The summed E-state index contributed by atoms with van der Waals surface area (Å²) in [5.41, 5.74) is 1.00. The Hall–Kier alpha value is -2.68. The van der Waals surface area contributed by atoms with E-state index in [0.29, 0.717) is 42.4 Å². The van der Waals surface area contributed by atoms with Gasteiger partial charge in [0.05, 0.1) is 12.2 Å². The van der Waals surface area contributed by atoms with Gasteiger partial charge in [0, 0.05) is 29.4 Å². The molecule has 154 valence electrons. The lowest BCUT2D eigenvalue weighted by Gasteiger charge is -2.33. The molecule has 9 heteroatoms. The third-order valence-electron chi connectivity index (χ3n) is 5.52. The molecule has 1 aliphatic heterocycles. The van der Waals surface area contributed by atoms with Gasteiger partial charge >= 0.3 is 0 Å². The van der Waals surface area contributed by atoms with Crippen LogP contribution in [0.1, 0.15) is 48.7 Å². The number of aromatic nitrogens is 4. The average Bonchev–Trinajstić information content (AvgIpc) is 3.36. The number of fused-ring (bicyclic) bond motifs is 1. The quantitative estimate of drug-likeness (QED) is 0.647. The Morgan fingerprint density at radius 3 is 3.00 bits per heavy atom. The van der Waals surface area contributed by atoms with Gasteiger partial charge in [-0.1, -0.05) is 6.07 Å². The van der Waals surface area contributed by atoms with Crippen LogP contribution in [0.25, 0.3) is 5.78 Å². The van der Waals surface area contributed by atoms with Gasteiger partial charge in [-0.05, 0) is 51.0 Å². The van der Waals surface area contributed by atoms with Crippen molar-refractivity contribution in [3.05, 3.63) is 44.0 Å². The Morgan fingerprint density at radius 2 is 2.24 bits per heavy atom. The zero-order chi connectivity index (χ0) is 20.4. The second-order valence-corrected chi connectivity index (χ2v) is 8.59. The molecule has 0 aliphatic carbocycles. The molecule has 1 amide bonds. The number of hydrogen-bond acceptors (Lipinski definition) is 6. The second kappa shape index (κ2) is 8.36. The Morgan fingerprint density at radius 1 is 1.38 bits per heavy atom. The number of anilines is 1. The topological polar surface area (TPSA) is 95.4 Å². The lowest BCUT2D eigenvalue weighted by Crippen LogP contribution is -2.42. The van der Waals surface area contributed by atoms with E-state index >= 15 is 0 Å². The Balaban J connectivity index is 1.49. The van der Waals surface area contributed by atoms with E-state index in [-0.39, 0.29) is 17.5 Å². The predicted molar refractivity (Wildman–Crippen MR) is 113 cm³/mol. The lowest BCUT2D eigenvalue weighted by molar-refractivity contribution is -0.134. The maximum Gasteiger partial charge on any atom is 0.277 e. The number of amides is 1. The molecule has 3 aromatic rings. The van der Waals surface area contributed by atoms with Crippen molar-refractivity contribution in [2.45, 2.75) is 58.5 Å². The molecule has 4 heterocycles. The molecule has 0 saturated carbocycles. The minimum absolute atomic E-state index is 0.115. The van der Waals surface area contributed by atoms with Crippen molar-refractivity contribution >= 4 is 29.0 Å². The van der Waals surface area contributed by atoms with E-state index < -0.39 is 0 Å². The molecule has 1 fully saturated rings. The van der Waals surface area contributed by atoms with Gasteiger partial charge in [-0.3, -0.25) is 14.7 Å². The molecule has 4 rings (SSSR count). The fourth-order valence-corrected chi connectivity index (χ4v) is 4.49. The summed E-state index contributed by atoms with van der Waals surface area (Å²) in [5.74, 6) is 0.947. The van der Waals surface area contributed by atoms with Crippen LogP contribution in [0.15, 0.2) is 22.3 Å². The van der Waals surface area contributed by atoms with Crippen molar-refractivity contribution < 1.29 is 4.79 Å². The monoisotopic (exact) mass is 414 g/mol. The fourth-order valence-electron chi connectivity index (χ4n) is 3.85. The van der Waals surface area contributed by atoms with Crippen molar-refractivity contribution in [3.8, 4) is 0 Å². The number of likely N-dealkylation sites (tertiary alicyclic amines) is 1. The number of nitrogens with zero attached hydrogens (tertiary/aromatic N) is 4. The highest BCUT2D eigenvalue weighted by Gasteiger charge is 2.23. The number of H-pyrrole nitrogens is 1. The number of aromatic amines is 1. The van der Waals surface area contributed by atoms with E-state index in [1.54, 1.807) is 18.3 Å². The summed E-state index contributed by atoms with van der Waals surface area (Å²) < 4.78 is 1.35. The molecule has 3 aromatic heterocycles. The van der Waals surface area contributed by atoms with Crippen molar-refractivity contribution in [1.82, 2.24) is 24.5 Å². The molecular formula is C20H26N6O2S. The molecule has 29 heavy (non-hydrogen) atoms. The second-order valence-electron chi connectivity index (χ2n) is 7.55. The Bertz CT molecular complexity index is 1060. The summed E-state index contributed by atoms with van der Waals surface area (Å²) in [4.78, 5) is 37.5. The normalized spacial score (nSPS) is 17.0. The molecule has 0 spiro atoms. The molecule has 0 radical (unpaired) electrons.